The minimum absolute atomic E-state index is 0.0894. The van der Waals surface area contributed by atoms with Crippen molar-refractivity contribution in [3.05, 3.63) is 66.0 Å². The Hall–Kier alpha value is -2.89. The number of carbonyl (C=O) groups is 2. The summed E-state index contributed by atoms with van der Waals surface area (Å²) in [6.07, 6.45) is -0.690. The first-order valence-corrected chi connectivity index (χ1v) is 8.83. The summed E-state index contributed by atoms with van der Waals surface area (Å²) in [6.45, 7) is 3.73. The van der Waals surface area contributed by atoms with E-state index >= 15 is 0 Å². The number of carbonyl (C=O) groups excluding carboxylic acids is 1. The van der Waals surface area contributed by atoms with Crippen molar-refractivity contribution >= 4 is 11.9 Å². The van der Waals surface area contributed by atoms with Crippen molar-refractivity contribution in [1.29, 1.82) is 0 Å². The molecule has 2 rings (SSSR count). The minimum Gasteiger partial charge on any atom is -0.478 e. The zero-order valence-corrected chi connectivity index (χ0v) is 15.4. The first kappa shape index (κ1) is 20.4. The summed E-state index contributed by atoms with van der Waals surface area (Å²) in [6, 6.07) is 14.7. The molecule has 27 heavy (non-hydrogen) atoms. The zero-order chi connectivity index (χ0) is 19.8. The van der Waals surface area contributed by atoms with Crippen LogP contribution in [0.15, 0.2) is 54.6 Å². The maximum absolute atomic E-state index is 13.0. The van der Waals surface area contributed by atoms with Crippen LogP contribution in [0, 0.1) is 17.7 Å². The largest absolute Gasteiger partial charge is 0.478 e. The van der Waals surface area contributed by atoms with Crippen LogP contribution < -0.4 is 10.1 Å². The monoisotopic (exact) mass is 373 g/mol. The molecule has 2 unspecified atom stereocenters. The number of benzene rings is 2. The molecule has 2 aromatic carbocycles. The summed E-state index contributed by atoms with van der Waals surface area (Å²) in [4.78, 5) is 24.0. The molecule has 0 saturated heterocycles. The fourth-order valence-electron chi connectivity index (χ4n) is 2.68. The summed E-state index contributed by atoms with van der Waals surface area (Å²) >= 11 is 0. The second-order valence-electron chi connectivity index (χ2n) is 6.68. The van der Waals surface area contributed by atoms with Gasteiger partial charge in [0.1, 0.15) is 11.6 Å². The van der Waals surface area contributed by atoms with E-state index in [1.165, 1.54) is 24.3 Å². The van der Waals surface area contributed by atoms with Gasteiger partial charge in [0, 0.05) is 5.92 Å². The standard InChI is InChI=1S/C21H24FNO4/c1-14(2)18(12-15-6-4-3-5-7-15)20(24)23-13-19(21(25)26)27-17-10-8-16(22)9-11-17/h3-11,14,18-19H,12-13H2,1-2H3,(H,23,24)(H,25,26). The van der Waals surface area contributed by atoms with Gasteiger partial charge in [-0.3, -0.25) is 4.79 Å². The van der Waals surface area contributed by atoms with Crippen molar-refractivity contribution < 1.29 is 23.8 Å². The van der Waals surface area contributed by atoms with E-state index in [2.05, 4.69) is 5.32 Å². The van der Waals surface area contributed by atoms with Crippen molar-refractivity contribution in [2.45, 2.75) is 26.4 Å². The quantitative estimate of drug-likeness (QED) is 0.707. The molecular formula is C21H24FNO4. The van der Waals surface area contributed by atoms with Crippen LogP contribution in [0.25, 0.3) is 0 Å². The fraction of sp³-hybridized carbons (Fsp3) is 0.333. The van der Waals surface area contributed by atoms with Crippen molar-refractivity contribution in [3.8, 4) is 5.75 Å². The van der Waals surface area contributed by atoms with E-state index < -0.39 is 17.9 Å². The fourth-order valence-corrected chi connectivity index (χ4v) is 2.68. The van der Waals surface area contributed by atoms with E-state index in [9.17, 15) is 19.1 Å². The molecule has 0 aliphatic heterocycles. The van der Waals surface area contributed by atoms with Crippen LogP contribution in [-0.4, -0.2) is 29.6 Å². The molecule has 144 valence electrons. The summed E-state index contributed by atoms with van der Waals surface area (Å²) in [5.74, 6) is -1.84. The summed E-state index contributed by atoms with van der Waals surface area (Å²) in [7, 11) is 0. The normalized spacial score (nSPS) is 13.0. The number of carboxylic acid groups (broad SMARTS) is 1. The number of amides is 1. The molecular weight excluding hydrogens is 349 g/mol. The third-order valence-corrected chi connectivity index (χ3v) is 4.27. The Labute approximate surface area is 158 Å². The highest BCUT2D eigenvalue weighted by atomic mass is 19.1. The summed E-state index contributed by atoms with van der Waals surface area (Å²) < 4.78 is 18.3. The molecule has 0 bridgehead atoms. The van der Waals surface area contributed by atoms with Crippen molar-refractivity contribution in [3.63, 3.8) is 0 Å². The summed E-state index contributed by atoms with van der Waals surface area (Å²) in [5.41, 5.74) is 1.05. The van der Waals surface area contributed by atoms with Crippen LogP contribution in [0.2, 0.25) is 0 Å². The molecule has 1 amide bonds. The summed E-state index contributed by atoms with van der Waals surface area (Å²) in [5, 5.41) is 12.0. The number of hydrogen-bond acceptors (Lipinski definition) is 3. The van der Waals surface area contributed by atoms with Gasteiger partial charge < -0.3 is 15.2 Å². The van der Waals surface area contributed by atoms with Gasteiger partial charge in [0.2, 0.25) is 12.0 Å². The molecule has 2 atom stereocenters. The molecule has 0 spiro atoms. The predicted octanol–water partition coefficient (Wildman–Crippen LogP) is 3.29. The molecule has 0 aliphatic carbocycles. The van der Waals surface area contributed by atoms with Crippen LogP contribution in [0.4, 0.5) is 4.39 Å². The lowest BCUT2D eigenvalue weighted by Gasteiger charge is -2.22. The molecule has 0 heterocycles. The van der Waals surface area contributed by atoms with Crippen molar-refractivity contribution in [1.82, 2.24) is 5.32 Å². The first-order chi connectivity index (χ1) is 12.9. The Morgan fingerprint density at radius 1 is 1.07 bits per heavy atom. The number of halogens is 1. The highest BCUT2D eigenvalue weighted by Gasteiger charge is 2.26. The third-order valence-electron chi connectivity index (χ3n) is 4.27. The van der Waals surface area contributed by atoms with Gasteiger partial charge in [-0.05, 0) is 42.2 Å². The lowest BCUT2D eigenvalue weighted by molar-refractivity contribution is -0.145. The second kappa shape index (κ2) is 9.71. The van der Waals surface area contributed by atoms with E-state index in [1.807, 2.05) is 44.2 Å². The van der Waals surface area contributed by atoms with Crippen LogP contribution in [0.3, 0.4) is 0 Å². The van der Waals surface area contributed by atoms with Gasteiger partial charge >= 0.3 is 5.97 Å². The maximum atomic E-state index is 13.0. The highest BCUT2D eigenvalue weighted by Crippen LogP contribution is 2.18. The molecule has 0 aliphatic rings. The molecule has 5 nitrogen and oxygen atoms in total. The highest BCUT2D eigenvalue weighted by molar-refractivity contribution is 5.80. The van der Waals surface area contributed by atoms with Gasteiger partial charge in [-0.15, -0.1) is 0 Å². The third kappa shape index (κ3) is 6.40. The van der Waals surface area contributed by atoms with Crippen LogP contribution in [0.1, 0.15) is 19.4 Å². The molecule has 6 heteroatoms. The van der Waals surface area contributed by atoms with Crippen LogP contribution >= 0.6 is 0 Å². The predicted molar refractivity (Wildman–Crippen MR) is 99.9 cm³/mol. The van der Waals surface area contributed by atoms with E-state index in [-0.39, 0.29) is 30.0 Å². The molecule has 0 saturated carbocycles. The van der Waals surface area contributed by atoms with Crippen LogP contribution in [-0.2, 0) is 16.0 Å². The van der Waals surface area contributed by atoms with E-state index in [4.69, 9.17) is 4.74 Å². The van der Waals surface area contributed by atoms with Crippen molar-refractivity contribution in [2.24, 2.45) is 11.8 Å². The van der Waals surface area contributed by atoms with E-state index in [0.717, 1.165) is 5.56 Å². The van der Waals surface area contributed by atoms with Gasteiger partial charge in [-0.25, -0.2) is 9.18 Å². The van der Waals surface area contributed by atoms with Gasteiger partial charge in [0.05, 0.1) is 6.54 Å². The lowest BCUT2D eigenvalue weighted by atomic mass is 9.88. The van der Waals surface area contributed by atoms with Crippen LogP contribution in [0.5, 0.6) is 5.75 Å². The van der Waals surface area contributed by atoms with E-state index in [1.54, 1.807) is 0 Å². The molecule has 2 N–H and O–H groups in total. The smallest absolute Gasteiger partial charge is 0.346 e. The molecule has 0 fully saturated rings. The maximum Gasteiger partial charge on any atom is 0.346 e. The SMILES string of the molecule is CC(C)C(Cc1ccccc1)C(=O)NCC(Oc1ccc(F)cc1)C(=O)O. The number of ether oxygens (including phenoxy) is 1. The first-order valence-electron chi connectivity index (χ1n) is 8.83. The molecule has 0 aromatic heterocycles. The van der Waals surface area contributed by atoms with Crippen molar-refractivity contribution in [2.75, 3.05) is 6.54 Å². The number of aliphatic carboxylic acids is 1. The Kier molecular flexibility index (Phi) is 7.34. The minimum atomic E-state index is -1.26. The Bertz CT molecular complexity index is 747. The Balaban J connectivity index is 1.98. The van der Waals surface area contributed by atoms with Gasteiger partial charge in [-0.2, -0.15) is 0 Å². The second-order valence-corrected chi connectivity index (χ2v) is 6.68. The van der Waals surface area contributed by atoms with Gasteiger partial charge in [0.25, 0.3) is 0 Å². The van der Waals surface area contributed by atoms with E-state index in [0.29, 0.717) is 6.42 Å². The number of nitrogens with one attached hydrogen (secondary N) is 1. The van der Waals surface area contributed by atoms with Gasteiger partial charge in [0.15, 0.2) is 0 Å². The molecule has 2 aromatic rings. The topological polar surface area (TPSA) is 75.6 Å². The number of carboxylic acids is 1. The zero-order valence-electron chi connectivity index (χ0n) is 15.4. The van der Waals surface area contributed by atoms with Gasteiger partial charge in [-0.1, -0.05) is 44.2 Å². The number of hydrogen-bond donors (Lipinski definition) is 2. The Morgan fingerprint density at radius 2 is 1.70 bits per heavy atom. The molecule has 0 radical (unpaired) electrons. The average molecular weight is 373 g/mol. The lowest BCUT2D eigenvalue weighted by Crippen LogP contribution is -2.43. The number of rotatable bonds is 9. The Morgan fingerprint density at radius 3 is 2.26 bits per heavy atom. The average Bonchev–Trinajstić information content (AvgIpc) is 2.64.